The second-order valence-corrected chi connectivity index (χ2v) is 7.21. The van der Waals surface area contributed by atoms with E-state index in [0.717, 1.165) is 0 Å². The van der Waals surface area contributed by atoms with E-state index < -0.39 is 11.0 Å². The summed E-state index contributed by atoms with van der Waals surface area (Å²) < 4.78 is 5.34. The van der Waals surface area contributed by atoms with Crippen LogP contribution in [-0.4, -0.2) is 17.4 Å². The Morgan fingerprint density at radius 1 is 1.00 bits per heavy atom. The number of rotatable bonds is 5. The SMILES string of the molecule is C/C(=C\C(C)(C)/C=C/C(=O)c1ccccc1)C(=O)OC(C)(C)C. The van der Waals surface area contributed by atoms with Gasteiger partial charge in [-0.15, -0.1) is 0 Å². The minimum atomic E-state index is -0.518. The molecule has 3 nitrogen and oxygen atoms in total. The van der Waals surface area contributed by atoms with Crippen molar-refractivity contribution >= 4 is 11.8 Å². The van der Waals surface area contributed by atoms with Gasteiger partial charge in [0.25, 0.3) is 0 Å². The summed E-state index contributed by atoms with van der Waals surface area (Å²) in [4.78, 5) is 24.1. The van der Waals surface area contributed by atoms with E-state index >= 15 is 0 Å². The van der Waals surface area contributed by atoms with Gasteiger partial charge < -0.3 is 4.74 Å². The van der Waals surface area contributed by atoms with Crippen molar-refractivity contribution < 1.29 is 14.3 Å². The minimum Gasteiger partial charge on any atom is -0.457 e. The van der Waals surface area contributed by atoms with E-state index in [1.807, 2.05) is 58.9 Å². The highest BCUT2D eigenvalue weighted by atomic mass is 16.6. The molecule has 0 aromatic heterocycles. The Bertz CT molecular complexity index is 614. The summed E-state index contributed by atoms with van der Waals surface area (Å²) in [5.74, 6) is -0.393. The normalized spacial score (nSPS) is 13.2. The molecule has 0 amide bonds. The van der Waals surface area contributed by atoms with Gasteiger partial charge in [0.1, 0.15) is 5.60 Å². The quantitative estimate of drug-likeness (QED) is 0.448. The number of carbonyl (C=O) groups excluding carboxylic acids is 2. The van der Waals surface area contributed by atoms with Crippen LogP contribution >= 0.6 is 0 Å². The Labute approximate surface area is 139 Å². The molecule has 0 unspecified atom stereocenters. The molecule has 0 spiro atoms. The van der Waals surface area contributed by atoms with Gasteiger partial charge in [-0.05, 0) is 33.8 Å². The van der Waals surface area contributed by atoms with Crippen LogP contribution < -0.4 is 0 Å². The molecule has 0 fully saturated rings. The first kappa shape index (κ1) is 18.9. The molecular weight excluding hydrogens is 288 g/mol. The standard InChI is InChI=1S/C20H26O3/c1-15(18(22)23-19(2,3)4)14-20(5,6)13-12-17(21)16-10-8-7-9-11-16/h7-14H,1-6H3/b13-12+,15-14+. The third-order valence-corrected chi connectivity index (χ3v) is 3.03. The summed E-state index contributed by atoms with van der Waals surface area (Å²) in [5.41, 5.74) is 0.232. The van der Waals surface area contributed by atoms with Gasteiger partial charge in [-0.3, -0.25) is 4.79 Å². The van der Waals surface area contributed by atoms with Crippen LogP contribution in [0, 0.1) is 5.41 Å². The smallest absolute Gasteiger partial charge is 0.333 e. The van der Waals surface area contributed by atoms with Gasteiger partial charge in [-0.25, -0.2) is 4.79 Å². The van der Waals surface area contributed by atoms with Crippen molar-refractivity contribution in [2.75, 3.05) is 0 Å². The molecular formula is C20H26O3. The third-order valence-electron chi connectivity index (χ3n) is 3.03. The van der Waals surface area contributed by atoms with Crippen LogP contribution in [0.1, 0.15) is 51.9 Å². The molecule has 1 rings (SSSR count). The summed E-state index contributed by atoms with van der Waals surface area (Å²) in [7, 11) is 0. The molecule has 1 aromatic rings. The van der Waals surface area contributed by atoms with E-state index in [2.05, 4.69) is 0 Å². The molecule has 0 heterocycles. The first-order chi connectivity index (χ1) is 10.5. The van der Waals surface area contributed by atoms with Crippen molar-refractivity contribution in [3.8, 4) is 0 Å². The van der Waals surface area contributed by atoms with Gasteiger partial charge in [0.05, 0.1) is 0 Å². The van der Waals surface area contributed by atoms with E-state index in [-0.39, 0.29) is 11.8 Å². The number of hydrogen-bond donors (Lipinski definition) is 0. The number of benzene rings is 1. The Hall–Kier alpha value is -2.16. The molecule has 23 heavy (non-hydrogen) atoms. The molecule has 0 saturated carbocycles. The van der Waals surface area contributed by atoms with Crippen molar-refractivity contribution in [2.24, 2.45) is 5.41 Å². The first-order valence-corrected chi connectivity index (χ1v) is 7.72. The molecule has 0 N–H and O–H groups in total. The van der Waals surface area contributed by atoms with Crippen LogP contribution in [0.25, 0.3) is 0 Å². The monoisotopic (exact) mass is 314 g/mol. The summed E-state index contributed by atoms with van der Waals surface area (Å²) in [6, 6.07) is 9.10. The van der Waals surface area contributed by atoms with Gasteiger partial charge in [-0.2, -0.15) is 0 Å². The van der Waals surface area contributed by atoms with Crippen LogP contribution in [-0.2, 0) is 9.53 Å². The van der Waals surface area contributed by atoms with Gasteiger partial charge in [0.2, 0.25) is 0 Å². The zero-order valence-electron chi connectivity index (χ0n) is 14.8. The fourth-order valence-electron chi connectivity index (χ4n) is 2.01. The van der Waals surface area contributed by atoms with Gasteiger partial charge >= 0.3 is 5.97 Å². The summed E-state index contributed by atoms with van der Waals surface area (Å²) in [6.45, 7) is 11.1. The Morgan fingerprint density at radius 3 is 2.09 bits per heavy atom. The zero-order chi connectivity index (χ0) is 17.7. The molecule has 0 bridgehead atoms. The Kier molecular flexibility index (Phi) is 6.08. The maximum atomic E-state index is 12.1. The average molecular weight is 314 g/mol. The lowest BCUT2D eigenvalue weighted by Gasteiger charge is -2.21. The minimum absolute atomic E-state index is 0.0537. The topological polar surface area (TPSA) is 43.4 Å². The molecule has 124 valence electrons. The van der Waals surface area contributed by atoms with Crippen LogP contribution in [0.4, 0.5) is 0 Å². The Morgan fingerprint density at radius 2 is 1.57 bits per heavy atom. The fourth-order valence-corrected chi connectivity index (χ4v) is 2.01. The van der Waals surface area contributed by atoms with Crippen LogP contribution in [0.15, 0.2) is 54.1 Å². The summed E-state index contributed by atoms with van der Waals surface area (Å²) in [5, 5.41) is 0. The maximum Gasteiger partial charge on any atom is 0.333 e. The first-order valence-electron chi connectivity index (χ1n) is 7.72. The van der Waals surface area contributed by atoms with Crippen LogP contribution in [0.2, 0.25) is 0 Å². The highest BCUT2D eigenvalue weighted by Gasteiger charge is 2.20. The van der Waals surface area contributed by atoms with E-state index in [0.29, 0.717) is 11.1 Å². The number of esters is 1. The predicted octanol–water partition coefficient (Wildman–Crippen LogP) is 4.74. The average Bonchev–Trinajstić information content (AvgIpc) is 2.43. The second-order valence-electron chi connectivity index (χ2n) is 7.21. The van der Waals surface area contributed by atoms with E-state index in [1.54, 1.807) is 31.2 Å². The zero-order valence-corrected chi connectivity index (χ0v) is 14.8. The molecule has 3 heteroatoms. The van der Waals surface area contributed by atoms with E-state index in [4.69, 9.17) is 4.74 Å². The van der Waals surface area contributed by atoms with E-state index in [9.17, 15) is 9.59 Å². The van der Waals surface area contributed by atoms with Crippen LogP contribution in [0.3, 0.4) is 0 Å². The van der Waals surface area contributed by atoms with Crippen molar-refractivity contribution in [2.45, 2.75) is 47.1 Å². The number of ether oxygens (including phenoxy) is 1. The maximum absolute atomic E-state index is 12.1. The lowest BCUT2D eigenvalue weighted by Crippen LogP contribution is -2.24. The second kappa shape index (κ2) is 7.40. The van der Waals surface area contributed by atoms with E-state index in [1.165, 1.54) is 0 Å². The fraction of sp³-hybridized carbons (Fsp3) is 0.400. The Balaban J connectivity index is 2.82. The van der Waals surface area contributed by atoms with Crippen molar-refractivity contribution in [1.29, 1.82) is 0 Å². The number of allylic oxidation sites excluding steroid dienone is 3. The number of ketones is 1. The largest absolute Gasteiger partial charge is 0.457 e. The van der Waals surface area contributed by atoms with Gasteiger partial charge in [-0.1, -0.05) is 56.3 Å². The third kappa shape index (κ3) is 7.09. The molecule has 0 aliphatic rings. The van der Waals surface area contributed by atoms with Gasteiger partial charge in [0, 0.05) is 16.6 Å². The molecule has 0 aliphatic carbocycles. The van der Waals surface area contributed by atoms with Gasteiger partial charge in [0.15, 0.2) is 5.78 Å². The number of carbonyl (C=O) groups is 2. The van der Waals surface area contributed by atoms with Crippen molar-refractivity contribution in [1.82, 2.24) is 0 Å². The lowest BCUT2D eigenvalue weighted by molar-refractivity contribution is -0.149. The molecule has 0 saturated heterocycles. The number of hydrogen-bond acceptors (Lipinski definition) is 3. The highest BCUT2D eigenvalue weighted by Crippen LogP contribution is 2.23. The highest BCUT2D eigenvalue weighted by molar-refractivity contribution is 6.04. The predicted molar refractivity (Wildman–Crippen MR) is 93.3 cm³/mol. The lowest BCUT2D eigenvalue weighted by atomic mass is 9.89. The summed E-state index contributed by atoms with van der Waals surface area (Å²) >= 11 is 0. The molecule has 0 aliphatic heterocycles. The van der Waals surface area contributed by atoms with Crippen molar-refractivity contribution in [3.05, 3.63) is 59.7 Å². The van der Waals surface area contributed by atoms with Crippen LogP contribution in [0.5, 0.6) is 0 Å². The molecule has 0 radical (unpaired) electrons. The molecule has 1 aromatic carbocycles. The summed E-state index contributed by atoms with van der Waals surface area (Å²) in [6.07, 6.45) is 5.17. The molecule has 0 atom stereocenters. The van der Waals surface area contributed by atoms with Crippen molar-refractivity contribution in [3.63, 3.8) is 0 Å².